The maximum atomic E-state index is 12.1. The van der Waals surface area contributed by atoms with Crippen LogP contribution in [0.4, 0.5) is 0 Å². The molecular formula is C14H13Br2NOS. The Balaban J connectivity index is 2.08. The highest BCUT2D eigenvalue weighted by Crippen LogP contribution is 2.27. The third-order valence-electron chi connectivity index (χ3n) is 2.80. The Morgan fingerprint density at radius 2 is 1.89 bits per heavy atom. The van der Waals surface area contributed by atoms with Gasteiger partial charge in [0, 0.05) is 4.47 Å². The average molecular weight is 403 g/mol. The molecule has 0 unspecified atom stereocenters. The number of aryl methyl sites for hydroxylation is 1. The lowest BCUT2D eigenvalue weighted by molar-refractivity contribution is 0.0944. The van der Waals surface area contributed by atoms with Gasteiger partial charge in [0.2, 0.25) is 0 Å². The summed E-state index contributed by atoms with van der Waals surface area (Å²) in [6.45, 7) is 3.96. The molecule has 0 bridgehead atoms. The van der Waals surface area contributed by atoms with E-state index in [4.69, 9.17) is 0 Å². The predicted molar refractivity (Wildman–Crippen MR) is 86.8 cm³/mol. The lowest BCUT2D eigenvalue weighted by Crippen LogP contribution is -2.25. The minimum atomic E-state index is -0.0331. The van der Waals surface area contributed by atoms with Crippen molar-refractivity contribution in [2.75, 3.05) is 0 Å². The zero-order chi connectivity index (χ0) is 14.0. The number of rotatable bonds is 3. The van der Waals surface area contributed by atoms with Gasteiger partial charge in [-0.3, -0.25) is 4.79 Å². The normalized spacial score (nSPS) is 12.2. The minimum Gasteiger partial charge on any atom is -0.345 e. The van der Waals surface area contributed by atoms with E-state index in [-0.39, 0.29) is 11.9 Å². The summed E-state index contributed by atoms with van der Waals surface area (Å²) in [5, 5.41) is 3.01. The minimum absolute atomic E-state index is 0.0122. The maximum absolute atomic E-state index is 12.1. The number of carbonyl (C=O) groups is 1. The van der Waals surface area contributed by atoms with Gasteiger partial charge in [-0.05, 0) is 59.1 Å². The lowest BCUT2D eigenvalue weighted by atomic mass is 10.1. The summed E-state index contributed by atoms with van der Waals surface area (Å²) >= 11 is 8.30. The molecule has 2 nitrogen and oxygen atoms in total. The third kappa shape index (κ3) is 3.68. The van der Waals surface area contributed by atoms with Crippen LogP contribution in [0, 0.1) is 6.92 Å². The molecule has 0 aliphatic heterocycles. The van der Waals surface area contributed by atoms with Gasteiger partial charge in [0.05, 0.1) is 14.7 Å². The van der Waals surface area contributed by atoms with Crippen LogP contribution < -0.4 is 5.32 Å². The van der Waals surface area contributed by atoms with Gasteiger partial charge in [0.25, 0.3) is 5.91 Å². The molecular weight excluding hydrogens is 390 g/mol. The fourth-order valence-electron chi connectivity index (χ4n) is 1.67. The molecule has 0 aliphatic rings. The Morgan fingerprint density at radius 3 is 2.42 bits per heavy atom. The van der Waals surface area contributed by atoms with Crippen LogP contribution in [0.2, 0.25) is 0 Å². The molecule has 0 spiro atoms. The summed E-state index contributed by atoms with van der Waals surface area (Å²) in [5.74, 6) is -0.0331. The molecule has 0 saturated carbocycles. The molecule has 1 heterocycles. The Kier molecular flexibility index (Phi) is 4.81. The molecule has 0 radical (unpaired) electrons. The van der Waals surface area contributed by atoms with Crippen molar-refractivity contribution in [3.05, 3.63) is 54.6 Å². The van der Waals surface area contributed by atoms with Crippen LogP contribution in [0.1, 0.15) is 33.8 Å². The summed E-state index contributed by atoms with van der Waals surface area (Å²) < 4.78 is 2.04. The highest BCUT2D eigenvalue weighted by molar-refractivity contribution is 9.11. The standard InChI is InChI=1S/C14H13Br2NOS/c1-8-7-12(19-13(8)16)14(18)17-9(2)10-3-5-11(15)6-4-10/h3-7,9H,1-2H3,(H,17,18)/t9-/m1/s1. The summed E-state index contributed by atoms with van der Waals surface area (Å²) in [5.41, 5.74) is 2.18. The van der Waals surface area contributed by atoms with E-state index in [1.54, 1.807) is 0 Å². The molecule has 2 rings (SSSR count). The van der Waals surface area contributed by atoms with Crippen molar-refractivity contribution in [1.29, 1.82) is 0 Å². The summed E-state index contributed by atoms with van der Waals surface area (Å²) in [6.07, 6.45) is 0. The van der Waals surface area contributed by atoms with E-state index in [0.717, 1.165) is 24.3 Å². The third-order valence-corrected chi connectivity index (χ3v) is 5.46. The Labute approximate surface area is 133 Å². The summed E-state index contributed by atoms with van der Waals surface area (Å²) in [7, 11) is 0. The first kappa shape index (κ1) is 14.8. The number of carbonyl (C=O) groups excluding carboxylic acids is 1. The number of thiophene rings is 1. The number of amides is 1. The van der Waals surface area contributed by atoms with Gasteiger partial charge >= 0.3 is 0 Å². The van der Waals surface area contributed by atoms with E-state index in [9.17, 15) is 4.79 Å². The van der Waals surface area contributed by atoms with Crippen molar-refractivity contribution >= 4 is 49.1 Å². The van der Waals surface area contributed by atoms with Crippen molar-refractivity contribution < 1.29 is 4.79 Å². The second-order valence-corrected chi connectivity index (χ2v) is 7.60. The average Bonchev–Trinajstić information content (AvgIpc) is 2.70. The first-order valence-electron chi connectivity index (χ1n) is 5.79. The number of benzene rings is 1. The van der Waals surface area contributed by atoms with Crippen LogP contribution in [-0.2, 0) is 0 Å². The Morgan fingerprint density at radius 1 is 1.26 bits per heavy atom. The van der Waals surface area contributed by atoms with Gasteiger partial charge in [0.15, 0.2) is 0 Å². The van der Waals surface area contributed by atoms with E-state index < -0.39 is 0 Å². The zero-order valence-electron chi connectivity index (χ0n) is 10.5. The number of hydrogen-bond acceptors (Lipinski definition) is 2. The van der Waals surface area contributed by atoms with Gasteiger partial charge in [0.1, 0.15) is 0 Å². The van der Waals surface area contributed by atoms with E-state index in [0.29, 0.717) is 0 Å². The van der Waals surface area contributed by atoms with Gasteiger partial charge < -0.3 is 5.32 Å². The van der Waals surface area contributed by atoms with Crippen LogP contribution in [0.15, 0.2) is 38.6 Å². The van der Waals surface area contributed by atoms with E-state index >= 15 is 0 Å². The van der Waals surface area contributed by atoms with Crippen molar-refractivity contribution in [2.24, 2.45) is 0 Å². The van der Waals surface area contributed by atoms with Crippen molar-refractivity contribution in [1.82, 2.24) is 5.32 Å². The number of hydrogen-bond donors (Lipinski definition) is 1. The monoisotopic (exact) mass is 401 g/mol. The predicted octanol–water partition coefficient (Wildman–Crippen LogP) is 5.07. The molecule has 1 aromatic heterocycles. The van der Waals surface area contributed by atoms with E-state index in [2.05, 4.69) is 37.2 Å². The van der Waals surface area contributed by atoms with Gasteiger partial charge in [-0.1, -0.05) is 28.1 Å². The molecule has 1 N–H and O–H groups in total. The molecule has 1 aromatic carbocycles. The molecule has 1 amide bonds. The summed E-state index contributed by atoms with van der Waals surface area (Å²) in [6, 6.07) is 9.85. The van der Waals surface area contributed by atoms with Crippen molar-refractivity contribution in [2.45, 2.75) is 19.9 Å². The first-order valence-corrected chi connectivity index (χ1v) is 8.20. The van der Waals surface area contributed by atoms with Crippen LogP contribution in [0.5, 0.6) is 0 Å². The Bertz CT molecular complexity index is 572. The zero-order valence-corrected chi connectivity index (χ0v) is 14.5. The van der Waals surface area contributed by atoms with E-state index in [1.165, 1.54) is 11.3 Å². The maximum Gasteiger partial charge on any atom is 0.261 e. The molecule has 0 saturated heterocycles. The van der Waals surface area contributed by atoms with Crippen LogP contribution in [-0.4, -0.2) is 5.91 Å². The number of nitrogens with one attached hydrogen (secondary N) is 1. The SMILES string of the molecule is Cc1cc(C(=O)N[C@H](C)c2ccc(Br)cc2)sc1Br. The van der Waals surface area contributed by atoms with Crippen molar-refractivity contribution in [3.8, 4) is 0 Å². The second-order valence-electron chi connectivity index (χ2n) is 4.31. The highest BCUT2D eigenvalue weighted by Gasteiger charge is 2.14. The van der Waals surface area contributed by atoms with Crippen LogP contribution >= 0.6 is 43.2 Å². The van der Waals surface area contributed by atoms with Gasteiger partial charge in [-0.25, -0.2) is 0 Å². The van der Waals surface area contributed by atoms with Crippen molar-refractivity contribution in [3.63, 3.8) is 0 Å². The molecule has 100 valence electrons. The lowest BCUT2D eigenvalue weighted by Gasteiger charge is -2.13. The fourth-order valence-corrected chi connectivity index (χ4v) is 3.38. The quantitative estimate of drug-likeness (QED) is 0.762. The van der Waals surface area contributed by atoms with Crippen LogP contribution in [0.3, 0.4) is 0 Å². The molecule has 5 heteroatoms. The molecule has 1 atom stereocenters. The first-order chi connectivity index (χ1) is 8.97. The smallest absolute Gasteiger partial charge is 0.261 e. The summed E-state index contributed by atoms with van der Waals surface area (Å²) in [4.78, 5) is 12.9. The second kappa shape index (κ2) is 6.20. The molecule has 2 aromatic rings. The topological polar surface area (TPSA) is 29.1 Å². The van der Waals surface area contributed by atoms with Crippen LogP contribution in [0.25, 0.3) is 0 Å². The Hall–Kier alpha value is -0.650. The molecule has 0 fully saturated rings. The largest absolute Gasteiger partial charge is 0.345 e. The van der Waals surface area contributed by atoms with E-state index in [1.807, 2.05) is 44.2 Å². The van der Waals surface area contributed by atoms with Gasteiger partial charge in [-0.15, -0.1) is 11.3 Å². The molecule has 0 aliphatic carbocycles. The number of halogens is 2. The fraction of sp³-hybridized carbons (Fsp3) is 0.214. The van der Waals surface area contributed by atoms with Gasteiger partial charge in [-0.2, -0.15) is 0 Å². The highest BCUT2D eigenvalue weighted by atomic mass is 79.9. The molecule has 19 heavy (non-hydrogen) atoms.